The number of hydrogen-bond acceptors (Lipinski definition) is 3. The van der Waals surface area contributed by atoms with Crippen molar-refractivity contribution in [2.45, 2.75) is 0 Å². The second-order valence-corrected chi connectivity index (χ2v) is 3.29. The average Bonchev–Trinajstić information content (AvgIpc) is 1.59. The fourth-order valence-corrected chi connectivity index (χ4v) is 0.712. The molecule has 10 heteroatoms. The van der Waals surface area contributed by atoms with Gasteiger partial charge in [-0.25, -0.2) is 0 Å². The van der Waals surface area contributed by atoms with Gasteiger partial charge in [-0.05, 0) is 0 Å². The summed E-state index contributed by atoms with van der Waals surface area (Å²) >= 11 is 0. The standard InChI is InChI=1S/C3H8NO5P.3Na/c5-3(6)1-4-2-10(7,8)9;;;/h4H,1-2H2,(H,5,6)(H2,7,8,9);;;/q;3*+1. The zero-order chi connectivity index (χ0) is 8.20. The number of aliphatic carboxylic acids is 1. The molecule has 0 aromatic heterocycles. The molecule has 0 rings (SSSR count). The van der Waals surface area contributed by atoms with E-state index in [2.05, 4.69) is 5.32 Å². The van der Waals surface area contributed by atoms with Gasteiger partial charge in [-0.1, -0.05) is 0 Å². The molecule has 0 aromatic rings. The molecule has 60 valence electrons. The van der Waals surface area contributed by atoms with Crippen LogP contribution in [0.25, 0.3) is 0 Å². The average molecular weight is 238 g/mol. The molecule has 0 heterocycles. The number of hydrogen-bond donors (Lipinski definition) is 4. The van der Waals surface area contributed by atoms with Crippen LogP contribution in [0.5, 0.6) is 0 Å². The van der Waals surface area contributed by atoms with Gasteiger partial charge in [0.2, 0.25) is 0 Å². The van der Waals surface area contributed by atoms with Crippen molar-refractivity contribution in [3.05, 3.63) is 0 Å². The Balaban J connectivity index is -0.000000135. The van der Waals surface area contributed by atoms with Crippen molar-refractivity contribution >= 4 is 13.6 Å². The van der Waals surface area contributed by atoms with Crippen LogP contribution in [0.1, 0.15) is 0 Å². The summed E-state index contributed by atoms with van der Waals surface area (Å²) in [6, 6.07) is 0. The minimum absolute atomic E-state index is 0. The van der Waals surface area contributed by atoms with E-state index in [0.29, 0.717) is 0 Å². The summed E-state index contributed by atoms with van der Waals surface area (Å²) < 4.78 is 10.1. The van der Waals surface area contributed by atoms with Crippen LogP contribution < -0.4 is 94.0 Å². The van der Waals surface area contributed by atoms with Crippen LogP contribution in [0.4, 0.5) is 0 Å². The van der Waals surface area contributed by atoms with E-state index >= 15 is 0 Å². The van der Waals surface area contributed by atoms with E-state index in [4.69, 9.17) is 14.9 Å². The predicted octanol–water partition coefficient (Wildman–Crippen LogP) is -10.2. The van der Waals surface area contributed by atoms with E-state index in [9.17, 15) is 9.36 Å². The molecule has 0 atom stereocenters. The van der Waals surface area contributed by atoms with Gasteiger partial charge in [-0.2, -0.15) is 0 Å². The predicted molar refractivity (Wildman–Crippen MR) is 32.5 cm³/mol. The summed E-state index contributed by atoms with van der Waals surface area (Å²) in [5.74, 6) is -1.14. The van der Waals surface area contributed by atoms with Gasteiger partial charge < -0.3 is 14.9 Å². The number of carbonyl (C=O) groups is 1. The summed E-state index contributed by atoms with van der Waals surface area (Å²) in [6.07, 6.45) is -0.598. The molecule has 13 heavy (non-hydrogen) atoms. The van der Waals surface area contributed by atoms with Gasteiger partial charge in [0, 0.05) is 0 Å². The second-order valence-electron chi connectivity index (χ2n) is 1.64. The van der Waals surface area contributed by atoms with Gasteiger partial charge in [0.25, 0.3) is 0 Å². The third-order valence-corrected chi connectivity index (χ3v) is 1.23. The summed E-state index contributed by atoms with van der Waals surface area (Å²) in [5.41, 5.74) is 0. The Morgan fingerprint density at radius 3 is 1.85 bits per heavy atom. The zero-order valence-electron chi connectivity index (χ0n) is 8.02. The maximum atomic E-state index is 10.1. The van der Waals surface area contributed by atoms with E-state index < -0.39 is 26.4 Å². The van der Waals surface area contributed by atoms with E-state index in [1.807, 2.05) is 0 Å². The maximum absolute atomic E-state index is 10.1. The molecule has 0 aliphatic carbocycles. The van der Waals surface area contributed by atoms with Gasteiger partial charge in [-0.15, -0.1) is 0 Å². The first-order chi connectivity index (χ1) is 4.42. The topological polar surface area (TPSA) is 107 Å². The Bertz CT molecular complexity index is 172. The van der Waals surface area contributed by atoms with Gasteiger partial charge in [0.15, 0.2) is 0 Å². The summed E-state index contributed by atoms with van der Waals surface area (Å²) in [5, 5.41) is 10.1. The van der Waals surface area contributed by atoms with Crippen LogP contribution in [0.3, 0.4) is 0 Å². The number of carboxylic acids is 1. The first-order valence-electron chi connectivity index (χ1n) is 2.39. The Labute approximate surface area is 142 Å². The smallest absolute Gasteiger partial charge is 0.480 e. The minimum Gasteiger partial charge on any atom is -0.480 e. The Morgan fingerprint density at radius 2 is 1.62 bits per heavy atom. The largest absolute Gasteiger partial charge is 1.00 e. The molecule has 0 amide bonds. The molecular formula is C3H8NNa3O5P+3. The summed E-state index contributed by atoms with van der Waals surface area (Å²) in [7, 11) is -4.10. The molecular weight excluding hydrogens is 230 g/mol. The number of carboxylic acid groups (broad SMARTS) is 1. The molecule has 0 unspecified atom stereocenters. The van der Waals surface area contributed by atoms with Gasteiger partial charge in [0.1, 0.15) is 0 Å². The molecule has 0 saturated carbocycles. The van der Waals surface area contributed by atoms with Gasteiger partial charge in [0.05, 0.1) is 12.8 Å². The molecule has 0 spiro atoms. The molecule has 0 aliphatic heterocycles. The Morgan fingerprint density at radius 1 is 1.23 bits per heavy atom. The molecule has 0 aromatic carbocycles. The maximum Gasteiger partial charge on any atom is 1.00 e. The van der Waals surface area contributed by atoms with Crippen LogP contribution in [-0.2, 0) is 9.36 Å². The van der Waals surface area contributed by atoms with Crippen molar-refractivity contribution in [2.24, 2.45) is 0 Å². The first kappa shape index (κ1) is 24.7. The van der Waals surface area contributed by atoms with Crippen LogP contribution in [-0.4, -0.2) is 33.7 Å². The van der Waals surface area contributed by atoms with Crippen LogP contribution in [0.15, 0.2) is 0 Å². The Kier molecular flexibility index (Phi) is 24.0. The van der Waals surface area contributed by atoms with Crippen LogP contribution >= 0.6 is 7.60 Å². The summed E-state index contributed by atoms with van der Waals surface area (Å²) in [6.45, 7) is -0.439. The van der Waals surface area contributed by atoms with Crippen molar-refractivity contribution < 1.29 is 113 Å². The van der Waals surface area contributed by atoms with Crippen LogP contribution in [0, 0.1) is 0 Å². The molecule has 0 radical (unpaired) electrons. The van der Waals surface area contributed by atoms with Crippen molar-refractivity contribution in [1.82, 2.24) is 5.32 Å². The fraction of sp³-hybridized carbons (Fsp3) is 0.667. The van der Waals surface area contributed by atoms with E-state index in [1.54, 1.807) is 0 Å². The molecule has 0 saturated heterocycles. The molecule has 6 nitrogen and oxygen atoms in total. The fourth-order valence-electron chi connectivity index (χ4n) is 0.308. The van der Waals surface area contributed by atoms with Crippen molar-refractivity contribution in [3.63, 3.8) is 0 Å². The molecule has 0 aliphatic rings. The first-order valence-corrected chi connectivity index (χ1v) is 4.18. The van der Waals surface area contributed by atoms with E-state index in [1.165, 1.54) is 0 Å². The molecule has 0 bridgehead atoms. The normalized spacial score (nSPS) is 8.77. The molecule has 0 fully saturated rings. The second kappa shape index (κ2) is 12.6. The summed E-state index contributed by atoms with van der Waals surface area (Å²) in [4.78, 5) is 26.1. The van der Waals surface area contributed by atoms with Crippen LogP contribution in [0.2, 0.25) is 0 Å². The van der Waals surface area contributed by atoms with E-state index in [-0.39, 0.29) is 88.7 Å². The van der Waals surface area contributed by atoms with Crippen molar-refractivity contribution in [3.8, 4) is 0 Å². The van der Waals surface area contributed by atoms with Gasteiger partial charge in [-0.3, -0.25) is 14.7 Å². The third-order valence-electron chi connectivity index (χ3n) is 0.594. The molecule has 4 N–H and O–H groups in total. The monoisotopic (exact) mass is 238 g/mol. The van der Waals surface area contributed by atoms with Crippen molar-refractivity contribution in [2.75, 3.05) is 12.8 Å². The number of rotatable bonds is 4. The van der Waals surface area contributed by atoms with Gasteiger partial charge >= 0.3 is 102 Å². The van der Waals surface area contributed by atoms with E-state index in [0.717, 1.165) is 0 Å². The third kappa shape index (κ3) is 25.1. The minimum atomic E-state index is -4.10. The zero-order valence-corrected chi connectivity index (χ0v) is 14.9. The quantitative estimate of drug-likeness (QED) is 0.286. The Hall–Kier alpha value is 2.58. The SMILES string of the molecule is O=C(O)CNCP(=O)(O)O.[Na+].[Na+].[Na+]. The number of nitrogens with one attached hydrogen (secondary N) is 1. The van der Waals surface area contributed by atoms with Crippen molar-refractivity contribution in [1.29, 1.82) is 0 Å².